The summed E-state index contributed by atoms with van der Waals surface area (Å²) in [7, 11) is 1.55. The number of anilines is 1. The summed E-state index contributed by atoms with van der Waals surface area (Å²) in [6.07, 6.45) is 2.23. The number of ether oxygens (including phenoxy) is 2. The fraction of sp³-hybridized carbons (Fsp3) is 0.522. The Balaban J connectivity index is 1.75. The second-order valence-corrected chi connectivity index (χ2v) is 8.44. The summed E-state index contributed by atoms with van der Waals surface area (Å²) in [6.45, 7) is 3.96. The maximum Gasteiger partial charge on any atom is 0.310 e. The standard InChI is InChI=1S/C23H28N2O7/c1-3-11-24(14-5-7-15(31-2)8-6-14)21(28)19-23-10-9-16(32-23)17(22(29)30)18(23)20(27)25(19)12-4-13-26/h3,5-8,16-19,26H,1,4,9-13H2,2H3,(H,29,30)/t16-,17+,18-,19?,23?/m0/s1. The van der Waals surface area contributed by atoms with E-state index in [0.717, 1.165) is 0 Å². The van der Waals surface area contributed by atoms with E-state index in [1.807, 2.05) is 0 Å². The summed E-state index contributed by atoms with van der Waals surface area (Å²) < 4.78 is 11.4. The smallest absolute Gasteiger partial charge is 0.310 e. The number of hydrogen-bond acceptors (Lipinski definition) is 6. The third kappa shape index (κ3) is 3.27. The monoisotopic (exact) mass is 444 g/mol. The molecule has 1 spiro atoms. The van der Waals surface area contributed by atoms with Crippen LogP contribution in [0.2, 0.25) is 0 Å². The van der Waals surface area contributed by atoms with Gasteiger partial charge in [-0.05, 0) is 43.5 Å². The summed E-state index contributed by atoms with van der Waals surface area (Å²) in [4.78, 5) is 42.3. The number of aliphatic carboxylic acids is 1. The highest BCUT2D eigenvalue weighted by Gasteiger charge is 2.74. The van der Waals surface area contributed by atoms with E-state index in [9.17, 15) is 24.6 Å². The van der Waals surface area contributed by atoms with Crippen LogP contribution in [0.3, 0.4) is 0 Å². The van der Waals surface area contributed by atoms with Gasteiger partial charge in [-0.15, -0.1) is 6.58 Å². The lowest BCUT2D eigenvalue weighted by Crippen LogP contribution is -2.56. The predicted octanol–water partition coefficient (Wildman–Crippen LogP) is 1.06. The fourth-order valence-electron chi connectivity index (χ4n) is 5.56. The molecule has 2 unspecified atom stereocenters. The number of methoxy groups -OCH3 is 1. The number of amides is 2. The van der Waals surface area contributed by atoms with Gasteiger partial charge in [-0.3, -0.25) is 14.4 Å². The molecule has 3 saturated heterocycles. The van der Waals surface area contributed by atoms with Gasteiger partial charge >= 0.3 is 5.97 Å². The number of carboxylic acids is 1. The molecule has 9 nitrogen and oxygen atoms in total. The van der Waals surface area contributed by atoms with Crippen LogP contribution in [0.5, 0.6) is 5.75 Å². The van der Waals surface area contributed by atoms with Crippen molar-refractivity contribution in [2.45, 2.75) is 37.0 Å². The van der Waals surface area contributed by atoms with E-state index in [1.165, 1.54) is 9.80 Å². The van der Waals surface area contributed by atoms with Gasteiger partial charge in [0.1, 0.15) is 17.4 Å². The molecule has 0 saturated carbocycles. The first kappa shape index (κ1) is 22.3. The second kappa shape index (κ2) is 8.55. The topological polar surface area (TPSA) is 117 Å². The van der Waals surface area contributed by atoms with Crippen molar-refractivity contribution in [2.75, 3.05) is 31.7 Å². The minimum Gasteiger partial charge on any atom is -0.497 e. The zero-order chi connectivity index (χ0) is 23.0. The predicted molar refractivity (Wildman–Crippen MR) is 114 cm³/mol. The van der Waals surface area contributed by atoms with Crippen molar-refractivity contribution in [1.29, 1.82) is 0 Å². The van der Waals surface area contributed by atoms with Gasteiger partial charge in [0.15, 0.2) is 0 Å². The van der Waals surface area contributed by atoms with E-state index in [-0.39, 0.29) is 37.9 Å². The van der Waals surface area contributed by atoms with E-state index < -0.39 is 35.6 Å². The summed E-state index contributed by atoms with van der Waals surface area (Å²) in [5.74, 6) is -3.06. The van der Waals surface area contributed by atoms with Crippen molar-refractivity contribution in [3.05, 3.63) is 36.9 Å². The van der Waals surface area contributed by atoms with Crippen LogP contribution in [-0.4, -0.2) is 77.4 Å². The van der Waals surface area contributed by atoms with Crippen LogP contribution >= 0.6 is 0 Å². The van der Waals surface area contributed by atoms with Crippen molar-refractivity contribution in [3.8, 4) is 5.75 Å². The zero-order valence-electron chi connectivity index (χ0n) is 18.0. The van der Waals surface area contributed by atoms with Gasteiger partial charge in [0.25, 0.3) is 5.91 Å². The molecule has 2 amide bonds. The van der Waals surface area contributed by atoms with E-state index in [0.29, 0.717) is 24.3 Å². The van der Waals surface area contributed by atoms with E-state index in [1.54, 1.807) is 37.5 Å². The van der Waals surface area contributed by atoms with Crippen molar-refractivity contribution in [2.24, 2.45) is 11.8 Å². The summed E-state index contributed by atoms with van der Waals surface area (Å²) in [5, 5.41) is 19.1. The van der Waals surface area contributed by atoms with Gasteiger partial charge in [0, 0.05) is 25.4 Å². The Morgan fingerprint density at radius 3 is 2.69 bits per heavy atom. The Hall–Kier alpha value is -2.91. The molecule has 2 bridgehead atoms. The molecule has 0 radical (unpaired) electrons. The largest absolute Gasteiger partial charge is 0.497 e. The minimum atomic E-state index is -1.18. The van der Waals surface area contributed by atoms with Gasteiger partial charge in [-0.25, -0.2) is 0 Å². The SMILES string of the molecule is C=CCN(C(=O)C1N(CCCO)C(=O)[C@@H]2[C@H](C(=O)O)[C@@H]3CCC12O3)c1ccc(OC)cc1. The number of likely N-dealkylation sites (tertiary alicyclic amines) is 1. The summed E-state index contributed by atoms with van der Waals surface area (Å²) >= 11 is 0. The molecule has 9 heteroatoms. The molecule has 1 aromatic carbocycles. The van der Waals surface area contributed by atoms with Gasteiger partial charge in [-0.1, -0.05) is 6.08 Å². The number of aliphatic hydroxyl groups excluding tert-OH is 1. The normalized spacial score (nSPS) is 30.3. The molecular formula is C23H28N2O7. The first-order valence-electron chi connectivity index (χ1n) is 10.8. The highest BCUT2D eigenvalue weighted by Crippen LogP contribution is 2.58. The third-order valence-electron chi connectivity index (χ3n) is 6.84. The Morgan fingerprint density at radius 1 is 1.38 bits per heavy atom. The molecule has 32 heavy (non-hydrogen) atoms. The molecule has 3 aliphatic rings. The van der Waals surface area contributed by atoms with Gasteiger partial charge in [-0.2, -0.15) is 0 Å². The third-order valence-corrected chi connectivity index (χ3v) is 6.84. The van der Waals surface area contributed by atoms with Crippen molar-refractivity contribution >= 4 is 23.5 Å². The quantitative estimate of drug-likeness (QED) is 0.547. The molecule has 3 heterocycles. The average molecular weight is 444 g/mol. The number of aliphatic hydroxyl groups is 1. The lowest BCUT2D eigenvalue weighted by Gasteiger charge is -2.36. The molecule has 3 fully saturated rings. The van der Waals surface area contributed by atoms with Crippen LogP contribution in [0.15, 0.2) is 36.9 Å². The van der Waals surface area contributed by atoms with Crippen LogP contribution in [-0.2, 0) is 19.1 Å². The lowest BCUT2D eigenvalue weighted by atomic mass is 9.70. The van der Waals surface area contributed by atoms with Crippen molar-refractivity contribution in [1.82, 2.24) is 4.90 Å². The molecule has 0 aliphatic carbocycles. The Kier molecular flexibility index (Phi) is 5.96. The van der Waals surface area contributed by atoms with E-state index in [2.05, 4.69) is 6.58 Å². The summed E-state index contributed by atoms with van der Waals surface area (Å²) in [5.41, 5.74) is -0.573. The highest BCUT2D eigenvalue weighted by molar-refractivity contribution is 6.04. The first-order valence-corrected chi connectivity index (χ1v) is 10.8. The Morgan fingerprint density at radius 2 is 2.09 bits per heavy atom. The van der Waals surface area contributed by atoms with Crippen LogP contribution in [0, 0.1) is 11.8 Å². The number of carbonyl (C=O) groups is 3. The van der Waals surface area contributed by atoms with Crippen LogP contribution in [0.1, 0.15) is 19.3 Å². The summed E-state index contributed by atoms with van der Waals surface area (Å²) in [6, 6.07) is 6.00. The fourth-order valence-corrected chi connectivity index (χ4v) is 5.56. The van der Waals surface area contributed by atoms with Gasteiger partial charge in [0.05, 0.1) is 25.0 Å². The Labute approximate surface area is 186 Å². The number of carbonyl (C=O) groups excluding carboxylic acids is 2. The van der Waals surface area contributed by atoms with Gasteiger partial charge in [0.2, 0.25) is 5.91 Å². The number of hydrogen-bond donors (Lipinski definition) is 2. The lowest BCUT2D eigenvalue weighted by molar-refractivity contribution is -0.149. The molecule has 5 atom stereocenters. The molecule has 172 valence electrons. The number of rotatable bonds is 9. The highest BCUT2D eigenvalue weighted by atomic mass is 16.5. The van der Waals surface area contributed by atoms with Crippen LogP contribution in [0.25, 0.3) is 0 Å². The maximum atomic E-state index is 14.0. The number of carboxylic acid groups (broad SMARTS) is 1. The second-order valence-electron chi connectivity index (χ2n) is 8.44. The molecule has 1 aromatic rings. The van der Waals surface area contributed by atoms with E-state index in [4.69, 9.17) is 9.47 Å². The van der Waals surface area contributed by atoms with Crippen molar-refractivity contribution < 1.29 is 34.1 Å². The first-order chi connectivity index (χ1) is 15.4. The van der Waals surface area contributed by atoms with Crippen LogP contribution in [0.4, 0.5) is 5.69 Å². The number of benzene rings is 1. The number of nitrogens with zero attached hydrogens (tertiary/aromatic N) is 2. The number of fused-ring (bicyclic) bond motifs is 1. The molecular weight excluding hydrogens is 416 g/mol. The zero-order valence-corrected chi connectivity index (χ0v) is 18.0. The van der Waals surface area contributed by atoms with Crippen molar-refractivity contribution in [3.63, 3.8) is 0 Å². The molecule has 0 aromatic heterocycles. The van der Waals surface area contributed by atoms with E-state index >= 15 is 0 Å². The maximum absolute atomic E-state index is 14.0. The minimum absolute atomic E-state index is 0.148. The molecule has 4 rings (SSSR count). The molecule has 3 aliphatic heterocycles. The average Bonchev–Trinajstić information content (AvgIpc) is 3.43. The molecule has 2 N–H and O–H groups in total. The van der Waals surface area contributed by atoms with Crippen LogP contribution < -0.4 is 9.64 Å². The van der Waals surface area contributed by atoms with Gasteiger partial charge < -0.3 is 29.5 Å². The Bertz CT molecular complexity index is 917.